The summed E-state index contributed by atoms with van der Waals surface area (Å²) < 4.78 is 5.09. The van der Waals surface area contributed by atoms with Crippen molar-refractivity contribution < 1.29 is 9.53 Å². The fourth-order valence-electron chi connectivity index (χ4n) is 2.63. The third-order valence-corrected chi connectivity index (χ3v) is 3.95. The second-order valence-corrected chi connectivity index (χ2v) is 6.05. The van der Waals surface area contributed by atoms with Crippen LogP contribution in [0.2, 0.25) is 0 Å². The maximum absolute atomic E-state index is 12.5. The molecule has 3 unspecified atom stereocenters. The van der Waals surface area contributed by atoms with Gasteiger partial charge in [0, 0.05) is 20.3 Å². The molecule has 1 rings (SSSR count). The highest BCUT2D eigenvalue weighted by Gasteiger charge is 2.40. The molecule has 0 radical (unpaired) electrons. The van der Waals surface area contributed by atoms with Gasteiger partial charge in [0.15, 0.2) is 0 Å². The molecule has 1 N–H and O–H groups in total. The summed E-state index contributed by atoms with van der Waals surface area (Å²) in [4.78, 5) is 14.5. The zero-order valence-corrected chi connectivity index (χ0v) is 13.1. The van der Waals surface area contributed by atoms with Gasteiger partial charge >= 0.3 is 0 Å². The first-order valence-corrected chi connectivity index (χ1v) is 7.56. The molecular formula is C15H30N2O2. The van der Waals surface area contributed by atoms with Crippen molar-refractivity contribution in [3.8, 4) is 0 Å². The number of nitrogens with one attached hydrogen (secondary N) is 1. The Hall–Kier alpha value is -0.610. The third kappa shape index (κ3) is 4.46. The highest BCUT2D eigenvalue weighted by Crippen LogP contribution is 2.23. The van der Waals surface area contributed by atoms with Gasteiger partial charge in [-0.3, -0.25) is 10.1 Å². The summed E-state index contributed by atoms with van der Waals surface area (Å²) in [5.74, 6) is 1.26. The number of carbonyl (C=O) groups is 1. The van der Waals surface area contributed by atoms with E-state index in [-0.39, 0.29) is 18.1 Å². The molecule has 0 aromatic rings. The lowest BCUT2D eigenvalue weighted by molar-refractivity contribution is -0.131. The van der Waals surface area contributed by atoms with Crippen LogP contribution in [-0.2, 0) is 9.53 Å². The van der Waals surface area contributed by atoms with E-state index in [1.807, 2.05) is 4.90 Å². The van der Waals surface area contributed by atoms with Crippen LogP contribution in [0.4, 0.5) is 0 Å². The van der Waals surface area contributed by atoms with Gasteiger partial charge in [0.2, 0.25) is 5.91 Å². The van der Waals surface area contributed by atoms with Crippen LogP contribution >= 0.6 is 0 Å². The van der Waals surface area contributed by atoms with Crippen molar-refractivity contribution in [3.05, 3.63) is 0 Å². The smallest absolute Gasteiger partial charge is 0.241 e. The van der Waals surface area contributed by atoms with E-state index in [2.05, 4.69) is 33.0 Å². The number of hydrogen-bond donors (Lipinski definition) is 1. The summed E-state index contributed by atoms with van der Waals surface area (Å²) in [6.07, 6.45) is 3.16. The van der Waals surface area contributed by atoms with Crippen LogP contribution in [-0.4, -0.2) is 43.3 Å². The van der Waals surface area contributed by atoms with Crippen LogP contribution < -0.4 is 5.32 Å². The van der Waals surface area contributed by atoms with Gasteiger partial charge in [-0.15, -0.1) is 0 Å². The molecular weight excluding hydrogens is 240 g/mol. The van der Waals surface area contributed by atoms with Gasteiger partial charge in [-0.1, -0.05) is 34.1 Å². The fraction of sp³-hybridized carbons (Fsp3) is 0.933. The van der Waals surface area contributed by atoms with Gasteiger partial charge in [-0.2, -0.15) is 0 Å². The molecule has 19 heavy (non-hydrogen) atoms. The van der Waals surface area contributed by atoms with Crippen LogP contribution in [0, 0.1) is 11.8 Å². The molecule has 0 aliphatic carbocycles. The Labute approximate surface area is 117 Å². The molecule has 4 heteroatoms. The Kier molecular flexibility index (Phi) is 6.80. The van der Waals surface area contributed by atoms with Crippen molar-refractivity contribution in [2.24, 2.45) is 11.8 Å². The average molecular weight is 270 g/mol. The minimum atomic E-state index is -0.00343. The topological polar surface area (TPSA) is 41.6 Å². The third-order valence-electron chi connectivity index (χ3n) is 3.95. The maximum atomic E-state index is 12.5. The molecule has 0 spiro atoms. The predicted molar refractivity (Wildman–Crippen MR) is 77.8 cm³/mol. The monoisotopic (exact) mass is 270 g/mol. The molecule has 0 aromatic carbocycles. The van der Waals surface area contributed by atoms with E-state index in [1.54, 1.807) is 7.11 Å². The van der Waals surface area contributed by atoms with E-state index < -0.39 is 0 Å². The van der Waals surface area contributed by atoms with Gasteiger partial charge in [-0.25, -0.2) is 0 Å². The Balaban J connectivity index is 2.67. The van der Waals surface area contributed by atoms with Crippen LogP contribution in [0.3, 0.4) is 0 Å². The van der Waals surface area contributed by atoms with Crippen LogP contribution in [0.5, 0.6) is 0 Å². The Morgan fingerprint density at radius 2 is 2.05 bits per heavy atom. The Bertz CT molecular complexity index is 281. The SMILES string of the molecule is CCC(C)C1NC(CC(C)C)N(CCCOC)C1=O. The number of hydrogen-bond acceptors (Lipinski definition) is 3. The molecule has 0 bridgehead atoms. The number of amides is 1. The summed E-state index contributed by atoms with van der Waals surface area (Å²) >= 11 is 0. The van der Waals surface area contributed by atoms with E-state index >= 15 is 0 Å². The van der Waals surface area contributed by atoms with Crippen molar-refractivity contribution in [1.29, 1.82) is 0 Å². The predicted octanol–water partition coefficient (Wildman–Crippen LogP) is 2.24. The summed E-state index contributed by atoms with van der Waals surface area (Å²) in [5.41, 5.74) is 0. The summed E-state index contributed by atoms with van der Waals surface area (Å²) in [5, 5.41) is 3.54. The lowest BCUT2D eigenvalue weighted by atomic mass is 9.99. The first-order valence-electron chi connectivity index (χ1n) is 7.56. The second-order valence-electron chi connectivity index (χ2n) is 6.05. The minimum Gasteiger partial charge on any atom is -0.385 e. The Morgan fingerprint density at radius 1 is 1.37 bits per heavy atom. The van der Waals surface area contributed by atoms with Crippen molar-refractivity contribution in [3.63, 3.8) is 0 Å². The van der Waals surface area contributed by atoms with E-state index in [9.17, 15) is 4.79 Å². The van der Waals surface area contributed by atoms with Gasteiger partial charge in [0.1, 0.15) is 0 Å². The first kappa shape index (κ1) is 16.4. The zero-order valence-electron chi connectivity index (χ0n) is 13.1. The number of carbonyl (C=O) groups excluding carboxylic acids is 1. The maximum Gasteiger partial charge on any atom is 0.241 e. The molecule has 1 fully saturated rings. The fourth-order valence-corrected chi connectivity index (χ4v) is 2.63. The number of rotatable bonds is 8. The van der Waals surface area contributed by atoms with Gasteiger partial charge in [0.25, 0.3) is 0 Å². The normalized spacial score (nSPS) is 25.4. The first-order chi connectivity index (χ1) is 9.01. The van der Waals surface area contributed by atoms with Crippen LogP contribution in [0.25, 0.3) is 0 Å². The van der Waals surface area contributed by atoms with Gasteiger partial charge in [-0.05, 0) is 24.7 Å². The van der Waals surface area contributed by atoms with Crippen LogP contribution in [0.1, 0.15) is 47.0 Å². The van der Waals surface area contributed by atoms with Crippen molar-refractivity contribution in [2.45, 2.75) is 59.2 Å². The van der Waals surface area contributed by atoms with E-state index in [0.717, 1.165) is 25.8 Å². The van der Waals surface area contributed by atoms with Crippen molar-refractivity contribution >= 4 is 5.91 Å². The summed E-state index contributed by atoms with van der Waals surface area (Å²) in [6.45, 7) is 10.2. The average Bonchev–Trinajstić information content (AvgIpc) is 2.66. The van der Waals surface area contributed by atoms with Crippen LogP contribution in [0.15, 0.2) is 0 Å². The minimum absolute atomic E-state index is 0.00343. The molecule has 1 saturated heterocycles. The van der Waals surface area contributed by atoms with E-state index in [4.69, 9.17) is 4.74 Å². The van der Waals surface area contributed by atoms with Gasteiger partial charge < -0.3 is 9.64 Å². The van der Waals surface area contributed by atoms with Gasteiger partial charge in [0.05, 0.1) is 12.2 Å². The second kappa shape index (κ2) is 7.85. The Morgan fingerprint density at radius 3 is 2.58 bits per heavy atom. The lowest BCUT2D eigenvalue weighted by Gasteiger charge is -2.25. The number of ether oxygens (including phenoxy) is 1. The van der Waals surface area contributed by atoms with Crippen molar-refractivity contribution in [1.82, 2.24) is 10.2 Å². The van der Waals surface area contributed by atoms with Crippen molar-refractivity contribution in [2.75, 3.05) is 20.3 Å². The molecule has 112 valence electrons. The van der Waals surface area contributed by atoms with E-state index in [0.29, 0.717) is 18.4 Å². The molecule has 3 atom stereocenters. The number of nitrogens with zero attached hydrogens (tertiary/aromatic N) is 1. The quantitative estimate of drug-likeness (QED) is 0.688. The highest BCUT2D eigenvalue weighted by molar-refractivity contribution is 5.84. The lowest BCUT2D eigenvalue weighted by Crippen LogP contribution is -2.39. The highest BCUT2D eigenvalue weighted by atomic mass is 16.5. The molecule has 4 nitrogen and oxygen atoms in total. The number of methoxy groups -OCH3 is 1. The molecule has 0 saturated carbocycles. The summed E-state index contributed by atoms with van der Waals surface area (Å²) in [6, 6.07) is -0.00343. The summed E-state index contributed by atoms with van der Waals surface area (Å²) in [7, 11) is 1.71. The molecule has 1 heterocycles. The largest absolute Gasteiger partial charge is 0.385 e. The molecule has 1 aliphatic heterocycles. The molecule has 1 aliphatic rings. The molecule has 1 amide bonds. The zero-order chi connectivity index (χ0) is 14.4. The molecule has 0 aromatic heterocycles. The van der Waals surface area contributed by atoms with E-state index in [1.165, 1.54) is 0 Å². The standard InChI is InChI=1S/C15H30N2O2/c1-6-12(4)14-15(18)17(8-7-9-19-5)13(16-14)10-11(2)3/h11-14,16H,6-10H2,1-5H3.